The van der Waals surface area contributed by atoms with Crippen molar-refractivity contribution in [3.8, 4) is 0 Å². The number of aryl methyl sites for hydroxylation is 1. The summed E-state index contributed by atoms with van der Waals surface area (Å²) < 4.78 is 0. The molecule has 0 radical (unpaired) electrons. The van der Waals surface area contributed by atoms with E-state index in [1.807, 2.05) is 11.4 Å². The summed E-state index contributed by atoms with van der Waals surface area (Å²) in [5.74, 6) is 0.901. The molecule has 0 atom stereocenters. The Morgan fingerprint density at radius 3 is 2.67 bits per heavy atom. The fourth-order valence-electron chi connectivity index (χ4n) is 2.88. The van der Waals surface area contributed by atoms with Crippen LogP contribution in [0.3, 0.4) is 0 Å². The van der Waals surface area contributed by atoms with E-state index in [4.69, 9.17) is 0 Å². The standard InChI is InChI=1S/C17H28N2OS/c1-5-15-10-14(11-21-15)16(20)18-17(3,4)12-19-8-6-13(2)7-9-19/h10-11,13H,5-9,12H2,1-4H3,(H,18,20). The maximum absolute atomic E-state index is 12.4. The molecular weight excluding hydrogens is 280 g/mol. The minimum atomic E-state index is -0.189. The summed E-state index contributed by atoms with van der Waals surface area (Å²) in [6.07, 6.45) is 3.54. The molecule has 0 aromatic carbocycles. The van der Waals surface area contributed by atoms with Crippen molar-refractivity contribution in [3.05, 3.63) is 21.9 Å². The molecule has 21 heavy (non-hydrogen) atoms. The Balaban J connectivity index is 1.89. The topological polar surface area (TPSA) is 32.3 Å². The van der Waals surface area contributed by atoms with E-state index in [1.165, 1.54) is 17.7 Å². The molecule has 1 aromatic heterocycles. The SMILES string of the molecule is CCc1cc(C(=O)NC(C)(C)CN2CCC(C)CC2)cs1. The van der Waals surface area contributed by atoms with Crippen LogP contribution >= 0.6 is 11.3 Å². The van der Waals surface area contributed by atoms with Crippen molar-refractivity contribution in [1.29, 1.82) is 0 Å². The lowest BCUT2D eigenvalue weighted by molar-refractivity contribution is 0.0868. The number of amides is 1. The molecule has 0 unspecified atom stereocenters. The summed E-state index contributed by atoms with van der Waals surface area (Å²) in [7, 11) is 0. The van der Waals surface area contributed by atoms with Gasteiger partial charge in [0, 0.05) is 22.3 Å². The zero-order chi connectivity index (χ0) is 15.5. The van der Waals surface area contributed by atoms with E-state index in [1.54, 1.807) is 11.3 Å². The summed E-state index contributed by atoms with van der Waals surface area (Å²) in [6, 6.07) is 2.01. The Hall–Kier alpha value is -0.870. The van der Waals surface area contributed by atoms with Crippen LogP contribution in [0.15, 0.2) is 11.4 Å². The third-order valence-corrected chi connectivity index (χ3v) is 5.29. The number of carbonyl (C=O) groups excluding carboxylic acids is 1. The Bertz CT molecular complexity index is 473. The number of carbonyl (C=O) groups is 1. The first-order valence-electron chi connectivity index (χ1n) is 8.02. The molecule has 0 bridgehead atoms. The number of nitrogens with zero attached hydrogens (tertiary/aromatic N) is 1. The van der Waals surface area contributed by atoms with Crippen molar-refractivity contribution >= 4 is 17.2 Å². The van der Waals surface area contributed by atoms with Crippen LogP contribution in [0.5, 0.6) is 0 Å². The van der Waals surface area contributed by atoms with Crippen LogP contribution in [-0.2, 0) is 6.42 Å². The lowest BCUT2D eigenvalue weighted by Gasteiger charge is -2.37. The van der Waals surface area contributed by atoms with Crippen molar-refractivity contribution in [2.75, 3.05) is 19.6 Å². The minimum Gasteiger partial charge on any atom is -0.346 e. The Morgan fingerprint density at radius 2 is 2.10 bits per heavy atom. The predicted molar refractivity (Wildman–Crippen MR) is 90.1 cm³/mol. The van der Waals surface area contributed by atoms with Crippen LogP contribution < -0.4 is 5.32 Å². The van der Waals surface area contributed by atoms with E-state index in [2.05, 4.69) is 37.9 Å². The number of likely N-dealkylation sites (tertiary alicyclic amines) is 1. The molecule has 0 saturated carbocycles. The lowest BCUT2D eigenvalue weighted by atomic mass is 9.96. The molecule has 118 valence electrons. The van der Waals surface area contributed by atoms with Crippen molar-refractivity contribution in [2.45, 2.75) is 52.5 Å². The summed E-state index contributed by atoms with van der Waals surface area (Å²) in [5.41, 5.74) is 0.614. The first-order chi connectivity index (χ1) is 9.89. The van der Waals surface area contributed by atoms with Crippen LogP contribution in [0.4, 0.5) is 0 Å². The maximum Gasteiger partial charge on any atom is 0.252 e. The van der Waals surface area contributed by atoms with Gasteiger partial charge >= 0.3 is 0 Å². The van der Waals surface area contributed by atoms with Crippen LogP contribution in [0.2, 0.25) is 0 Å². The molecule has 1 aliphatic heterocycles. The van der Waals surface area contributed by atoms with Crippen LogP contribution in [-0.4, -0.2) is 36.0 Å². The third kappa shape index (κ3) is 4.82. The number of nitrogens with one attached hydrogen (secondary N) is 1. The Kier molecular flexibility index (Phi) is 5.44. The molecule has 2 heterocycles. The highest BCUT2D eigenvalue weighted by atomic mass is 32.1. The van der Waals surface area contributed by atoms with Gasteiger partial charge < -0.3 is 10.2 Å². The van der Waals surface area contributed by atoms with Gasteiger partial charge in [-0.3, -0.25) is 4.79 Å². The first-order valence-corrected chi connectivity index (χ1v) is 8.90. The molecule has 0 spiro atoms. The summed E-state index contributed by atoms with van der Waals surface area (Å²) >= 11 is 1.67. The van der Waals surface area contributed by atoms with Crippen molar-refractivity contribution in [1.82, 2.24) is 10.2 Å². The molecule has 1 aromatic rings. The molecule has 0 aliphatic carbocycles. The Morgan fingerprint density at radius 1 is 1.43 bits per heavy atom. The molecule has 1 N–H and O–H groups in total. The fraction of sp³-hybridized carbons (Fsp3) is 0.706. The molecular formula is C17H28N2OS. The van der Waals surface area contributed by atoms with Crippen LogP contribution in [0.25, 0.3) is 0 Å². The molecule has 1 aliphatic rings. The average Bonchev–Trinajstić information content (AvgIpc) is 2.89. The van der Waals surface area contributed by atoms with Crippen LogP contribution in [0.1, 0.15) is 55.8 Å². The molecule has 2 rings (SSSR count). The third-order valence-electron chi connectivity index (χ3n) is 4.21. The maximum atomic E-state index is 12.4. The van der Waals surface area contributed by atoms with E-state index in [0.717, 1.165) is 37.5 Å². The average molecular weight is 308 g/mol. The molecule has 3 nitrogen and oxygen atoms in total. The molecule has 1 fully saturated rings. The highest BCUT2D eigenvalue weighted by Gasteiger charge is 2.26. The van der Waals surface area contributed by atoms with Crippen molar-refractivity contribution in [2.24, 2.45) is 5.92 Å². The van der Waals surface area contributed by atoms with E-state index >= 15 is 0 Å². The zero-order valence-electron chi connectivity index (χ0n) is 13.7. The quantitative estimate of drug-likeness (QED) is 0.902. The lowest BCUT2D eigenvalue weighted by Crippen LogP contribution is -2.52. The smallest absolute Gasteiger partial charge is 0.252 e. The second kappa shape index (κ2) is 6.93. The first kappa shape index (κ1) is 16.5. The van der Waals surface area contributed by atoms with Gasteiger partial charge in [-0.15, -0.1) is 11.3 Å². The van der Waals surface area contributed by atoms with Gasteiger partial charge in [-0.25, -0.2) is 0 Å². The van der Waals surface area contributed by atoms with Gasteiger partial charge in [-0.2, -0.15) is 0 Å². The normalized spacial score (nSPS) is 17.9. The summed E-state index contributed by atoms with van der Waals surface area (Å²) in [6.45, 7) is 11.9. The Labute approximate surface area is 132 Å². The number of rotatable bonds is 5. The van der Waals surface area contributed by atoms with Gasteiger partial charge in [0.15, 0.2) is 0 Å². The molecule has 1 saturated heterocycles. The summed E-state index contributed by atoms with van der Waals surface area (Å²) in [4.78, 5) is 16.1. The van der Waals surface area contributed by atoms with Gasteiger partial charge in [0.05, 0.1) is 5.56 Å². The van der Waals surface area contributed by atoms with Crippen molar-refractivity contribution in [3.63, 3.8) is 0 Å². The summed E-state index contributed by atoms with van der Waals surface area (Å²) in [5, 5.41) is 5.16. The zero-order valence-corrected chi connectivity index (χ0v) is 14.6. The highest BCUT2D eigenvalue weighted by Crippen LogP contribution is 2.19. The van der Waals surface area contributed by atoms with Crippen LogP contribution in [0, 0.1) is 5.92 Å². The van der Waals surface area contributed by atoms with E-state index in [0.29, 0.717) is 0 Å². The van der Waals surface area contributed by atoms with Gasteiger partial charge in [0.25, 0.3) is 5.91 Å². The van der Waals surface area contributed by atoms with Gasteiger partial charge in [0.2, 0.25) is 0 Å². The number of hydrogen-bond acceptors (Lipinski definition) is 3. The van der Waals surface area contributed by atoms with Gasteiger partial charge in [-0.1, -0.05) is 13.8 Å². The highest BCUT2D eigenvalue weighted by molar-refractivity contribution is 7.10. The second-order valence-corrected chi connectivity index (χ2v) is 7.95. The largest absolute Gasteiger partial charge is 0.346 e. The second-order valence-electron chi connectivity index (χ2n) is 6.95. The molecule has 1 amide bonds. The monoisotopic (exact) mass is 308 g/mol. The fourth-order valence-corrected chi connectivity index (χ4v) is 3.70. The van der Waals surface area contributed by atoms with Gasteiger partial charge in [0.1, 0.15) is 0 Å². The number of hydrogen-bond donors (Lipinski definition) is 1. The van der Waals surface area contributed by atoms with Gasteiger partial charge in [-0.05, 0) is 58.2 Å². The molecule has 4 heteroatoms. The van der Waals surface area contributed by atoms with E-state index in [9.17, 15) is 4.79 Å². The van der Waals surface area contributed by atoms with Crippen molar-refractivity contribution < 1.29 is 4.79 Å². The number of thiophene rings is 1. The minimum absolute atomic E-state index is 0.0568. The predicted octanol–water partition coefficient (Wildman–Crippen LogP) is 3.55. The van der Waals surface area contributed by atoms with E-state index in [-0.39, 0.29) is 11.4 Å². The van der Waals surface area contributed by atoms with E-state index < -0.39 is 0 Å². The number of piperidine rings is 1.